The zero-order chi connectivity index (χ0) is 18.4. The Labute approximate surface area is 154 Å². The number of amides is 1. The maximum atomic E-state index is 13.2. The van der Waals surface area contributed by atoms with Crippen LogP contribution in [0.4, 0.5) is 5.69 Å². The smallest absolute Gasteiger partial charge is 0.231 e. The average molecular weight is 345 g/mol. The molecule has 0 spiro atoms. The Kier molecular flexibility index (Phi) is 5.69. The molecule has 0 unspecified atom stereocenters. The number of methoxy groups -OCH3 is 1. The highest BCUT2D eigenvalue weighted by atomic mass is 16.5. The van der Waals surface area contributed by atoms with Crippen LogP contribution in [0.25, 0.3) is 0 Å². The molecule has 3 nitrogen and oxygen atoms in total. The second-order valence-electron chi connectivity index (χ2n) is 6.29. The number of benzene rings is 3. The Hall–Kier alpha value is -3.07. The van der Waals surface area contributed by atoms with Gasteiger partial charge in [-0.15, -0.1) is 0 Å². The maximum absolute atomic E-state index is 13.2. The van der Waals surface area contributed by atoms with Gasteiger partial charge in [0.05, 0.1) is 20.1 Å². The average Bonchev–Trinajstić information content (AvgIpc) is 2.68. The Bertz CT molecular complexity index is 860. The number of ether oxygens (including phenoxy) is 1. The molecule has 0 saturated heterocycles. The van der Waals surface area contributed by atoms with Crippen molar-refractivity contribution in [3.05, 3.63) is 95.6 Å². The lowest BCUT2D eigenvalue weighted by Gasteiger charge is -2.24. The van der Waals surface area contributed by atoms with Crippen molar-refractivity contribution in [3.63, 3.8) is 0 Å². The molecule has 3 rings (SSSR count). The third-order valence-electron chi connectivity index (χ3n) is 4.33. The molecule has 3 heteroatoms. The van der Waals surface area contributed by atoms with Crippen molar-refractivity contribution in [2.24, 2.45) is 0 Å². The number of para-hydroxylation sites is 1. The van der Waals surface area contributed by atoms with E-state index in [0.29, 0.717) is 13.0 Å². The van der Waals surface area contributed by atoms with Gasteiger partial charge < -0.3 is 9.64 Å². The molecule has 0 bridgehead atoms. The molecule has 0 aliphatic rings. The van der Waals surface area contributed by atoms with Crippen LogP contribution in [0.15, 0.2) is 78.9 Å². The monoisotopic (exact) mass is 345 g/mol. The largest absolute Gasteiger partial charge is 0.496 e. The Balaban J connectivity index is 1.89. The molecule has 0 aliphatic carbocycles. The predicted molar refractivity (Wildman–Crippen MR) is 106 cm³/mol. The van der Waals surface area contributed by atoms with E-state index in [-0.39, 0.29) is 5.91 Å². The van der Waals surface area contributed by atoms with E-state index >= 15 is 0 Å². The number of aryl methyl sites for hydroxylation is 1. The molecule has 26 heavy (non-hydrogen) atoms. The van der Waals surface area contributed by atoms with E-state index in [9.17, 15) is 4.79 Å². The molecule has 0 N–H and O–H groups in total. The van der Waals surface area contributed by atoms with Gasteiger partial charge in [0, 0.05) is 11.3 Å². The molecule has 3 aromatic carbocycles. The normalized spacial score (nSPS) is 10.4. The Morgan fingerprint density at radius 3 is 2.23 bits per heavy atom. The van der Waals surface area contributed by atoms with E-state index in [0.717, 1.165) is 28.1 Å². The zero-order valence-corrected chi connectivity index (χ0v) is 15.2. The van der Waals surface area contributed by atoms with E-state index in [2.05, 4.69) is 0 Å². The quantitative estimate of drug-likeness (QED) is 0.643. The summed E-state index contributed by atoms with van der Waals surface area (Å²) >= 11 is 0. The van der Waals surface area contributed by atoms with Crippen molar-refractivity contribution < 1.29 is 9.53 Å². The molecule has 132 valence electrons. The summed E-state index contributed by atoms with van der Waals surface area (Å²) in [5.74, 6) is 0.792. The van der Waals surface area contributed by atoms with Gasteiger partial charge in [0.25, 0.3) is 0 Å². The molecule has 0 heterocycles. The summed E-state index contributed by atoms with van der Waals surface area (Å²) in [6.07, 6.45) is 0.298. The Morgan fingerprint density at radius 2 is 1.58 bits per heavy atom. The summed E-state index contributed by atoms with van der Waals surface area (Å²) in [5.41, 5.74) is 4.02. The SMILES string of the molecule is COc1ccc(C)cc1CC(=O)N(Cc1ccccc1)c1ccccc1. The highest BCUT2D eigenvalue weighted by Crippen LogP contribution is 2.23. The van der Waals surface area contributed by atoms with Crippen molar-refractivity contribution in [2.45, 2.75) is 19.9 Å². The lowest BCUT2D eigenvalue weighted by molar-refractivity contribution is -0.118. The summed E-state index contributed by atoms with van der Waals surface area (Å²) in [6.45, 7) is 2.56. The molecule has 0 atom stereocenters. The van der Waals surface area contributed by atoms with Crippen molar-refractivity contribution >= 4 is 11.6 Å². The number of hydrogen-bond donors (Lipinski definition) is 0. The van der Waals surface area contributed by atoms with Crippen molar-refractivity contribution in [1.29, 1.82) is 0 Å². The van der Waals surface area contributed by atoms with Crippen molar-refractivity contribution in [2.75, 3.05) is 12.0 Å². The first-order chi connectivity index (χ1) is 12.7. The minimum absolute atomic E-state index is 0.0453. The van der Waals surface area contributed by atoms with Crippen molar-refractivity contribution in [1.82, 2.24) is 0 Å². The van der Waals surface area contributed by atoms with E-state index in [1.54, 1.807) is 7.11 Å². The van der Waals surface area contributed by atoms with Crippen LogP contribution < -0.4 is 9.64 Å². The number of carbonyl (C=O) groups is 1. The highest BCUT2D eigenvalue weighted by molar-refractivity contribution is 5.95. The first-order valence-corrected chi connectivity index (χ1v) is 8.70. The first kappa shape index (κ1) is 17.7. The van der Waals surface area contributed by atoms with Crippen LogP contribution in [0.3, 0.4) is 0 Å². The predicted octanol–water partition coefficient (Wildman–Crippen LogP) is 4.78. The lowest BCUT2D eigenvalue weighted by atomic mass is 10.1. The van der Waals surface area contributed by atoms with Crippen LogP contribution in [0, 0.1) is 6.92 Å². The van der Waals surface area contributed by atoms with Gasteiger partial charge in [-0.3, -0.25) is 4.79 Å². The standard InChI is InChI=1S/C23H23NO2/c1-18-13-14-22(26-2)20(15-18)16-23(25)24(21-11-7-4-8-12-21)17-19-9-5-3-6-10-19/h3-15H,16-17H2,1-2H3. The number of rotatable bonds is 6. The molecule has 0 fully saturated rings. The van der Waals surface area contributed by atoms with Crippen molar-refractivity contribution in [3.8, 4) is 5.75 Å². The van der Waals surface area contributed by atoms with Gasteiger partial charge >= 0.3 is 0 Å². The molecule has 3 aromatic rings. The Morgan fingerprint density at radius 1 is 0.923 bits per heavy atom. The fourth-order valence-corrected chi connectivity index (χ4v) is 3.00. The van der Waals surface area contributed by atoms with E-state index < -0.39 is 0 Å². The van der Waals surface area contributed by atoms with E-state index in [1.807, 2.05) is 90.7 Å². The lowest BCUT2D eigenvalue weighted by Crippen LogP contribution is -2.31. The van der Waals surface area contributed by atoms with E-state index in [1.165, 1.54) is 0 Å². The number of carbonyl (C=O) groups excluding carboxylic acids is 1. The van der Waals surface area contributed by atoms with Crippen LogP contribution >= 0.6 is 0 Å². The molecular weight excluding hydrogens is 322 g/mol. The summed E-state index contributed by atoms with van der Waals surface area (Å²) in [5, 5.41) is 0. The van der Waals surface area contributed by atoms with Gasteiger partial charge in [0.15, 0.2) is 0 Å². The summed E-state index contributed by atoms with van der Waals surface area (Å²) in [7, 11) is 1.64. The minimum Gasteiger partial charge on any atom is -0.496 e. The molecular formula is C23H23NO2. The van der Waals surface area contributed by atoms with Gasteiger partial charge in [-0.2, -0.15) is 0 Å². The van der Waals surface area contributed by atoms with Gasteiger partial charge in [-0.25, -0.2) is 0 Å². The van der Waals surface area contributed by atoms with Crippen LogP contribution in [0.5, 0.6) is 5.75 Å². The van der Waals surface area contributed by atoms with E-state index in [4.69, 9.17) is 4.74 Å². The second-order valence-corrected chi connectivity index (χ2v) is 6.29. The van der Waals surface area contributed by atoms with Crippen LogP contribution in [0.1, 0.15) is 16.7 Å². The summed E-state index contributed by atoms with van der Waals surface area (Å²) in [6, 6.07) is 25.8. The molecule has 0 aromatic heterocycles. The third kappa shape index (κ3) is 4.31. The third-order valence-corrected chi connectivity index (χ3v) is 4.33. The van der Waals surface area contributed by atoms with Crippen LogP contribution in [-0.4, -0.2) is 13.0 Å². The minimum atomic E-state index is 0.0453. The van der Waals surface area contributed by atoms with Gasteiger partial charge in [0.2, 0.25) is 5.91 Å². The van der Waals surface area contributed by atoms with Gasteiger partial charge in [0.1, 0.15) is 5.75 Å². The number of nitrogens with zero attached hydrogens (tertiary/aromatic N) is 1. The molecule has 1 amide bonds. The van der Waals surface area contributed by atoms with Crippen LogP contribution in [-0.2, 0) is 17.8 Å². The fourth-order valence-electron chi connectivity index (χ4n) is 3.00. The molecule has 0 saturated carbocycles. The summed E-state index contributed by atoms with van der Waals surface area (Å²) < 4.78 is 5.43. The molecule has 0 radical (unpaired) electrons. The summed E-state index contributed by atoms with van der Waals surface area (Å²) in [4.78, 5) is 15.0. The molecule has 0 aliphatic heterocycles. The topological polar surface area (TPSA) is 29.5 Å². The fraction of sp³-hybridized carbons (Fsp3) is 0.174. The van der Waals surface area contributed by atoms with Gasteiger partial charge in [-0.1, -0.05) is 66.2 Å². The zero-order valence-electron chi connectivity index (χ0n) is 15.2. The first-order valence-electron chi connectivity index (χ1n) is 8.70. The van der Waals surface area contributed by atoms with Gasteiger partial charge in [-0.05, 0) is 30.7 Å². The number of hydrogen-bond acceptors (Lipinski definition) is 2. The number of anilines is 1. The second kappa shape index (κ2) is 8.34. The maximum Gasteiger partial charge on any atom is 0.231 e. The van der Waals surface area contributed by atoms with Crippen LogP contribution in [0.2, 0.25) is 0 Å². The highest BCUT2D eigenvalue weighted by Gasteiger charge is 2.18.